The third-order valence-corrected chi connectivity index (χ3v) is 4.39. The van der Waals surface area contributed by atoms with Gasteiger partial charge in [0.05, 0.1) is 5.56 Å². The summed E-state index contributed by atoms with van der Waals surface area (Å²) >= 11 is 1.47. The van der Waals surface area contributed by atoms with Crippen molar-refractivity contribution < 1.29 is 22.8 Å². The number of alkyl halides is 3. The SMILES string of the molecule is CSCCC(=O)Nc1cc(C(=O)NC2CCC2)cc(C(F)(F)F)c1. The summed E-state index contributed by atoms with van der Waals surface area (Å²) in [5, 5.41) is 5.14. The van der Waals surface area contributed by atoms with Crippen molar-refractivity contribution in [3.8, 4) is 0 Å². The van der Waals surface area contributed by atoms with Gasteiger partial charge in [0.2, 0.25) is 5.91 Å². The standard InChI is InChI=1S/C16H19F3N2O2S/c1-24-6-5-14(22)20-13-8-10(7-11(9-13)16(17,18)19)15(23)21-12-3-2-4-12/h7-9,12H,2-6H2,1H3,(H,20,22)(H,21,23). The Morgan fingerprint density at radius 3 is 2.50 bits per heavy atom. The van der Waals surface area contributed by atoms with Gasteiger partial charge in [0.15, 0.2) is 0 Å². The van der Waals surface area contributed by atoms with Crippen LogP contribution in [0.15, 0.2) is 18.2 Å². The highest BCUT2D eigenvalue weighted by Gasteiger charge is 2.32. The minimum Gasteiger partial charge on any atom is -0.349 e. The van der Waals surface area contributed by atoms with Crippen LogP contribution in [0.25, 0.3) is 0 Å². The van der Waals surface area contributed by atoms with Crippen molar-refractivity contribution >= 4 is 29.3 Å². The molecule has 0 unspecified atom stereocenters. The maximum atomic E-state index is 13.0. The molecular weight excluding hydrogens is 341 g/mol. The first kappa shape index (κ1) is 18.6. The Morgan fingerprint density at radius 2 is 1.96 bits per heavy atom. The molecule has 0 heterocycles. The van der Waals surface area contributed by atoms with E-state index in [4.69, 9.17) is 0 Å². The summed E-state index contributed by atoms with van der Waals surface area (Å²) in [5.41, 5.74) is -1.07. The zero-order valence-electron chi connectivity index (χ0n) is 13.2. The van der Waals surface area contributed by atoms with E-state index in [2.05, 4.69) is 10.6 Å². The number of hydrogen-bond acceptors (Lipinski definition) is 3. The molecule has 1 aromatic carbocycles. The molecule has 4 nitrogen and oxygen atoms in total. The van der Waals surface area contributed by atoms with Crippen LogP contribution in [0.5, 0.6) is 0 Å². The Labute approximate surface area is 142 Å². The van der Waals surface area contributed by atoms with Crippen LogP contribution in [0.4, 0.5) is 18.9 Å². The molecule has 0 aliphatic heterocycles. The average molecular weight is 360 g/mol. The zero-order chi connectivity index (χ0) is 17.7. The summed E-state index contributed by atoms with van der Waals surface area (Å²) in [5.74, 6) is -0.362. The van der Waals surface area contributed by atoms with Crippen LogP contribution in [0, 0.1) is 0 Å². The third-order valence-electron chi connectivity index (χ3n) is 3.78. The van der Waals surface area contributed by atoms with Crippen LogP contribution in [-0.4, -0.2) is 29.9 Å². The highest BCUT2D eigenvalue weighted by Crippen LogP contribution is 2.32. The molecule has 2 N–H and O–H groups in total. The molecule has 24 heavy (non-hydrogen) atoms. The quantitative estimate of drug-likeness (QED) is 0.814. The number of benzene rings is 1. The molecule has 0 saturated heterocycles. The lowest BCUT2D eigenvalue weighted by atomic mass is 9.93. The molecule has 0 aromatic heterocycles. The maximum absolute atomic E-state index is 13.0. The Morgan fingerprint density at radius 1 is 1.25 bits per heavy atom. The number of anilines is 1. The monoisotopic (exact) mass is 360 g/mol. The highest BCUT2D eigenvalue weighted by molar-refractivity contribution is 7.98. The normalized spacial score (nSPS) is 14.8. The minimum absolute atomic E-state index is 0.0188. The van der Waals surface area contributed by atoms with E-state index >= 15 is 0 Å². The third kappa shape index (κ3) is 5.15. The van der Waals surface area contributed by atoms with Crippen molar-refractivity contribution in [3.63, 3.8) is 0 Å². The van der Waals surface area contributed by atoms with E-state index in [-0.39, 0.29) is 29.6 Å². The van der Waals surface area contributed by atoms with Crippen molar-refractivity contribution in [2.45, 2.75) is 37.9 Å². The molecule has 132 valence electrons. The van der Waals surface area contributed by atoms with Crippen molar-refractivity contribution in [1.29, 1.82) is 0 Å². The topological polar surface area (TPSA) is 58.2 Å². The van der Waals surface area contributed by atoms with Gasteiger partial charge in [-0.2, -0.15) is 24.9 Å². The lowest BCUT2D eigenvalue weighted by Crippen LogP contribution is -2.39. The second-order valence-electron chi connectivity index (χ2n) is 5.69. The molecule has 0 atom stereocenters. The predicted molar refractivity (Wildman–Crippen MR) is 88.2 cm³/mol. The molecule has 0 spiro atoms. The van der Waals surface area contributed by atoms with Crippen molar-refractivity contribution in [2.24, 2.45) is 0 Å². The van der Waals surface area contributed by atoms with Crippen LogP contribution in [0.2, 0.25) is 0 Å². The molecule has 2 amide bonds. The molecule has 8 heteroatoms. The van der Waals surface area contributed by atoms with Gasteiger partial charge < -0.3 is 10.6 Å². The first-order valence-electron chi connectivity index (χ1n) is 7.61. The summed E-state index contributed by atoms with van der Waals surface area (Å²) < 4.78 is 39.1. The average Bonchev–Trinajstić information content (AvgIpc) is 2.47. The van der Waals surface area contributed by atoms with Gasteiger partial charge >= 0.3 is 6.18 Å². The first-order chi connectivity index (χ1) is 11.3. The number of hydrogen-bond donors (Lipinski definition) is 2. The number of halogens is 3. The maximum Gasteiger partial charge on any atom is 0.416 e. The fourth-order valence-corrected chi connectivity index (χ4v) is 2.62. The second kappa shape index (κ2) is 7.92. The van der Waals surface area contributed by atoms with Crippen LogP contribution in [-0.2, 0) is 11.0 Å². The zero-order valence-corrected chi connectivity index (χ0v) is 14.0. The van der Waals surface area contributed by atoms with Gasteiger partial charge in [0.25, 0.3) is 5.91 Å². The van der Waals surface area contributed by atoms with E-state index in [0.29, 0.717) is 5.75 Å². The highest BCUT2D eigenvalue weighted by atomic mass is 32.2. The van der Waals surface area contributed by atoms with E-state index < -0.39 is 17.6 Å². The molecule has 1 aromatic rings. The number of thioether (sulfide) groups is 1. The number of amides is 2. The van der Waals surface area contributed by atoms with Gasteiger partial charge in [0, 0.05) is 29.5 Å². The van der Waals surface area contributed by atoms with Gasteiger partial charge in [-0.3, -0.25) is 9.59 Å². The Bertz CT molecular complexity index is 616. The fourth-order valence-electron chi connectivity index (χ4n) is 2.23. The van der Waals surface area contributed by atoms with E-state index in [0.717, 1.165) is 31.4 Å². The number of carbonyl (C=O) groups excluding carboxylic acids is 2. The molecule has 0 radical (unpaired) electrons. The van der Waals surface area contributed by atoms with Crippen molar-refractivity contribution in [1.82, 2.24) is 5.32 Å². The Hall–Kier alpha value is -1.70. The smallest absolute Gasteiger partial charge is 0.349 e. The number of carbonyl (C=O) groups is 2. The van der Waals surface area contributed by atoms with Crippen LogP contribution >= 0.6 is 11.8 Å². The van der Waals surface area contributed by atoms with Gasteiger partial charge in [-0.25, -0.2) is 0 Å². The molecular formula is C16H19F3N2O2S. The molecule has 1 aliphatic carbocycles. The van der Waals surface area contributed by atoms with Crippen LogP contribution < -0.4 is 10.6 Å². The lowest BCUT2D eigenvalue weighted by Gasteiger charge is -2.26. The van der Waals surface area contributed by atoms with E-state index in [1.807, 2.05) is 6.26 Å². The fraction of sp³-hybridized carbons (Fsp3) is 0.500. The van der Waals surface area contributed by atoms with Crippen LogP contribution in [0.3, 0.4) is 0 Å². The molecule has 1 aliphatic rings. The predicted octanol–water partition coefficient (Wildman–Crippen LogP) is 3.68. The van der Waals surface area contributed by atoms with Gasteiger partial charge in [-0.1, -0.05) is 0 Å². The Kier molecular flexibility index (Phi) is 6.15. The Balaban J connectivity index is 2.20. The summed E-state index contributed by atoms with van der Waals surface area (Å²) in [6.07, 6.45) is 0.114. The summed E-state index contributed by atoms with van der Waals surface area (Å²) in [6, 6.07) is 2.95. The molecule has 1 saturated carbocycles. The summed E-state index contributed by atoms with van der Waals surface area (Å²) in [7, 11) is 0. The van der Waals surface area contributed by atoms with Crippen molar-refractivity contribution in [3.05, 3.63) is 29.3 Å². The van der Waals surface area contributed by atoms with Crippen LogP contribution in [0.1, 0.15) is 41.6 Å². The number of nitrogens with one attached hydrogen (secondary N) is 2. The van der Waals surface area contributed by atoms with Gasteiger partial charge in [-0.15, -0.1) is 0 Å². The molecule has 0 bridgehead atoms. The lowest BCUT2D eigenvalue weighted by molar-refractivity contribution is -0.137. The molecule has 1 fully saturated rings. The van der Waals surface area contributed by atoms with Crippen molar-refractivity contribution in [2.75, 3.05) is 17.3 Å². The minimum atomic E-state index is -4.59. The summed E-state index contributed by atoms with van der Waals surface area (Å²) in [4.78, 5) is 23.9. The van der Waals surface area contributed by atoms with E-state index in [1.165, 1.54) is 17.8 Å². The summed E-state index contributed by atoms with van der Waals surface area (Å²) in [6.45, 7) is 0. The van der Waals surface area contributed by atoms with E-state index in [1.54, 1.807) is 0 Å². The largest absolute Gasteiger partial charge is 0.416 e. The van der Waals surface area contributed by atoms with E-state index in [9.17, 15) is 22.8 Å². The second-order valence-corrected chi connectivity index (χ2v) is 6.67. The molecule has 2 rings (SSSR count). The van der Waals surface area contributed by atoms with Gasteiger partial charge in [-0.05, 0) is 43.7 Å². The number of rotatable bonds is 6. The first-order valence-corrected chi connectivity index (χ1v) is 9.01. The van der Waals surface area contributed by atoms with Gasteiger partial charge in [0.1, 0.15) is 0 Å².